The molecule has 1 aromatic heterocycles. The Labute approximate surface area is 103 Å². The Morgan fingerprint density at radius 1 is 1.47 bits per heavy atom. The van der Waals surface area contributed by atoms with Gasteiger partial charge in [0.05, 0.1) is 11.9 Å². The number of likely N-dealkylation sites (N-methyl/N-ethyl adjacent to an activating group) is 1. The fourth-order valence-corrected chi connectivity index (χ4v) is 1.31. The zero-order chi connectivity index (χ0) is 13.1. The molecule has 1 amide bonds. The van der Waals surface area contributed by atoms with E-state index in [4.69, 9.17) is 9.15 Å². The van der Waals surface area contributed by atoms with Gasteiger partial charge in [0.1, 0.15) is 12.4 Å². The average Bonchev–Trinajstić information content (AvgIpc) is 2.59. The van der Waals surface area contributed by atoms with Gasteiger partial charge in [-0.25, -0.2) is 0 Å². The zero-order valence-corrected chi connectivity index (χ0v) is 11.2. The zero-order valence-electron chi connectivity index (χ0n) is 11.2. The van der Waals surface area contributed by atoms with E-state index < -0.39 is 0 Å². The van der Waals surface area contributed by atoms with Crippen molar-refractivity contribution in [3.8, 4) is 0 Å². The lowest BCUT2D eigenvalue weighted by Gasteiger charge is -2.22. The number of carbonyl (C=O) groups is 1. The van der Waals surface area contributed by atoms with Gasteiger partial charge >= 0.3 is 0 Å². The maximum atomic E-state index is 11.8. The summed E-state index contributed by atoms with van der Waals surface area (Å²) in [5.74, 6) is 0.821. The minimum atomic E-state index is -0.290. The monoisotopic (exact) mass is 239 g/mol. The van der Waals surface area contributed by atoms with Crippen molar-refractivity contribution in [2.45, 2.75) is 39.8 Å². The minimum Gasteiger partial charge on any atom is -0.469 e. The van der Waals surface area contributed by atoms with E-state index in [0.29, 0.717) is 6.54 Å². The summed E-state index contributed by atoms with van der Waals surface area (Å²) in [5.41, 5.74) is 0.735. The fourth-order valence-electron chi connectivity index (χ4n) is 1.31. The predicted molar refractivity (Wildman–Crippen MR) is 65.6 cm³/mol. The van der Waals surface area contributed by atoms with Crippen LogP contribution in [0, 0.1) is 6.92 Å². The van der Waals surface area contributed by atoms with Crippen molar-refractivity contribution in [1.82, 2.24) is 4.90 Å². The molecule has 0 aliphatic carbocycles. The Balaban J connectivity index is 2.45. The summed E-state index contributed by atoms with van der Waals surface area (Å²) in [7, 11) is 1.76. The van der Waals surface area contributed by atoms with Gasteiger partial charge < -0.3 is 14.1 Å². The maximum absolute atomic E-state index is 11.8. The average molecular weight is 239 g/mol. The summed E-state index contributed by atoms with van der Waals surface area (Å²) in [5, 5.41) is 0. The maximum Gasteiger partial charge on any atom is 0.248 e. The third-order valence-electron chi connectivity index (χ3n) is 2.43. The quantitative estimate of drug-likeness (QED) is 0.810. The molecule has 1 aromatic rings. The molecular formula is C13H21NO3. The molecule has 0 aliphatic rings. The van der Waals surface area contributed by atoms with E-state index in [2.05, 4.69) is 0 Å². The van der Waals surface area contributed by atoms with E-state index in [0.717, 1.165) is 11.3 Å². The van der Waals surface area contributed by atoms with Crippen LogP contribution in [0.4, 0.5) is 0 Å². The van der Waals surface area contributed by atoms with E-state index >= 15 is 0 Å². The van der Waals surface area contributed by atoms with Crippen LogP contribution in [0.25, 0.3) is 0 Å². The molecule has 0 radical (unpaired) electrons. The molecule has 0 fully saturated rings. The van der Waals surface area contributed by atoms with Crippen molar-refractivity contribution in [2.24, 2.45) is 0 Å². The van der Waals surface area contributed by atoms with Crippen molar-refractivity contribution < 1.29 is 13.9 Å². The molecule has 17 heavy (non-hydrogen) atoms. The first kappa shape index (κ1) is 13.8. The van der Waals surface area contributed by atoms with Crippen LogP contribution in [0.5, 0.6) is 0 Å². The number of furan rings is 1. The van der Waals surface area contributed by atoms with Crippen molar-refractivity contribution in [2.75, 3.05) is 13.7 Å². The van der Waals surface area contributed by atoms with Crippen molar-refractivity contribution in [1.29, 1.82) is 0 Å². The summed E-state index contributed by atoms with van der Waals surface area (Å²) >= 11 is 0. The van der Waals surface area contributed by atoms with Gasteiger partial charge in [0.15, 0.2) is 0 Å². The highest BCUT2D eigenvalue weighted by atomic mass is 16.5. The molecule has 1 heterocycles. The molecule has 0 N–H and O–H groups in total. The van der Waals surface area contributed by atoms with Gasteiger partial charge in [-0.05, 0) is 33.8 Å². The van der Waals surface area contributed by atoms with Gasteiger partial charge in [0, 0.05) is 19.2 Å². The Kier molecular flexibility index (Phi) is 4.34. The molecule has 0 saturated carbocycles. The van der Waals surface area contributed by atoms with Crippen LogP contribution in [0.2, 0.25) is 0 Å². The smallest absolute Gasteiger partial charge is 0.248 e. The molecule has 96 valence electrons. The first-order chi connectivity index (χ1) is 7.79. The molecule has 4 nitrogen and oxygen atoms in total. The lowest BCUT2D eigenvalue weighted by Crippen LogP contribution is -2.33. The molecule has 0 spiro atoms. The summed E-state index contributed by atoms with van der Waals surface area (Å²) in [6.07, 6.45) is 1.63. The van der Waals surface area contributed by atoms with Crippen LogP contribution >= 0.6 is 0 Å². The number of carbonyl (C=O) groups excluding carboxylic acids is 1. The number of rotatable bonds is 4. The number of nitrogens with zero attached hydrogens (tertiary/aromatic N) is 1. The second-order valence-electron chi connectivity index (χ2n) is 5.15. The number of hydrogen-bond acceptors (Lipinski definition) is 3. The molecular weight excluding hydrogens is 218 g/mol. The van der Waals surface area contributed by atoms with E-state index in [1.165, 1.54) is 0 Å². The fraction of sp³-hybridized carbons (Fsp3) is 0.615. The van der Waals surface area contributed by atoms with E-state index in [-0.39, 0.29) is 18.1 Å². The lowest BCUT2D eigenvalue weighted by atomic mass is 10.2. The largest absolute Gasteiger partial charge is 0.469 e. The summed E-state index contributed by atoms with van der Waals surface area (Å²) < 4.78 is 10.6. The first-order valence-corrected chi connectivity index (χ1v) is 5.70. The first-order valence-electron chi connectivity index (χ1n) is 5.70. The van der Waals surface area contributed by atoms with Crippen LogP contribution in [-0.2, 0) is 16.1 Å². The van der Waals surface area contributed by atoms with Crippen LogP contribution in [0.3, 0.4) is 0 Å². The van der Waals surface area contributed by atoms with Gasteiger partial charge in [0.25, 0.3) is 0 Å². The third-order valence-corrected chi connectivity index (χ3v) is 2.43. The van der Waals surface area contributed by atoms with Crippen molar-refractivity contribution >= 4 is 5.91 Å². The molecule has 0 atom stereocenters. The summed E-state index contributed by atoms with van der Waals surface area (Å²) in [6.45, 7) is 8.34. The molecule has 4 heteroatoms. The molecule has 1 rings (SSSR count). The Bertz CT molecular complexity index is 376. The van der Waals surface area contributed by atoms with Crippen LogP contribution in [-0.4, -0.2) is 30.1 Å². The highest BCUT2D eigenvalue weighted by Crippen LogP contribution is 2.12. The lowest BCUT2D eigenvalue weighted by molar-refractivity contribution is -0.140. The molecule has 0 aromatic carbocycles. The van der Waals surface area contributed by atoms with Crippen LogP contribution in [0.1, 0.15) is 32.1 Å². The molecule has 0 unspecified atom stereocenters. The van der Waals surface area contributed by atoms with Gasteiger partial charge in [0.2, 0.25) is 5.91 Å². The molecule has 0 saturated heterocycles. The number of aryl methyl sites for hydroxylation is 1. The number of amides is 1. The topological polar surface area (TPSA) is 42.7 Å². The van der Waals surface area contributed by atoms with Crippen molar-refractivity contribution in [3.63, 3.8) is 0 Å². The summed E-state index contributed by atoms with van der Waals surface area (Å²) in [4.78, 5) is 13.4. The Morgan fingerprint density at radius 3 is 2.59 bits per heavy atom. The van der Waals surface area contributed by atoms with E-state index in [9.17, 15) is 4.79 Å². The Hall–Kier alpha value is -1.29. The van der Waals surface area contributed by atoms with Gasteiger partial charge in [-0.2, -0.15) is 0 Å². The van der Waals surface area contributed by atoms with Crippen LogP contribution in [0.15, 0.2) is 16.7 Å². The number of hydrogen-bond donors (Lipinski definition) is 0. The molecule has 0 bridgehead atoms. The van der Waals surface area contributed by atoms with E-state index in [1.54, 1.807) is 18.2 Å². The molecule has 0 aliphatic heterocycles. The SMILES string of the molecule is Cc1occc1CN(C)C(=O)COC(C)(C)C. The van der Waals surface area contributed by atoms with Gasteiger partial charge in [-0.15, -0.1) is 0 Å². The standard InChI is InChI=1S/C13H21NO3/c1-10-11(6-7-16-10)8-14(5)12(15)9-17-13(2,3)4/h6-7H,8-9H2,1-5H3. The van der Waals surface area contributed by atoms with Crippen LogP contribution < -0.4 is 0 Å². The predicted octanol–water partition coefficient (Wildman–Crippen LogP) is 2.36. The van der Waals surface area contributed by atoms with Gasteiger partial charge in [-0.1, -0.05) is 0 Å². The third kappa shape index (κ3) is 4.61. The second kappa shape index (κ2) is 5.36. The second-order valence-corrected chi connectivity index (χ2v) is 5.15. The highest BCUT2D eigenvalue weighted by Gasteiger charge is 2.16. The normalized spacial score (nSPS) is 11.6. The number of ether oxygens (including phenoxy) is 1. The van der Waals surface area contributed by atoms with E-state index in [1.807, 2.05) is 33.8 Å². The highest BCUT2D eigenvalue weighted by molar-refractivity contribution is 5.77. The Morgan fingerprint density at radius 2 is 2.12 bits per heavy atom. The van der Waals surface area contributed by atoms with Crippen molar-refractivity contribution in [3.05, 3.63) is 23.7 Å². The minimum absolute atomic E-state index is 0.0273. The van der Waals surface area contributed by atoms with Gasteiger partial charge in [-0.3, -0.25) is 4.79 Å². The summed E-state index contributed by atoms with van der Waals surface area (Å²) in [6, 6.07) is 1.88.